The monoisotopic (exact) mass is 306 g/mol. The average Bonchev–Trinajstić information content (AvgIpc) is 2.36. The fourth-order valence-electron chi connectivity index (χ4n) is 1.72. The van der Waals surface area contributed by atoms with E-state index in [0.29, 0.717) is 12.3 Å². The van der Waals surface area contributed by atoms with Crippen molar-refractivity contribution in [1.29, 1.82) is 0 Å². The predicted octanol–water partition coefficient (Wildman–Crippen LogP) is 4.37. The fourth-order valence-corrected chi connectivity index (χ4v) is 1.72. The summed E-state index contributed by atoms with van der Waals surface area (Å²) < 4.78 is 75.2. The number of hydrogen-bond donors (Lipinski definition) is 1. The number of anilines is 1. The Bertz CT molecular complexity index is 660. The molecule has 0 radical (unpaired) electrons. The van der Waals surface area contributed by atoms with Crippen LogP contribution in [0.15, 0.2) is 36.5 Å². The van der Waals surface area contributed by atoms with E-state index in [1.54, 1.807) is 0 Å². The molecule has 0 bridgehead atoms. The molecule has 0 unspecified atom stereocenters. The molecular formula is C13H8F6N2. The number of hydrogen-bond acceptors (Lipinski definition) is 2. The summed E-state index contributed by atoms with van der Waals surface area (Å²) in [7, 11) is 0. The van der Waals surface area contributed by atoms with E-state index < -0.39 is 23.5 Å². The largest absolute Gasteiger partial charge is 0.417 e. The number of nitrogens with zero attached hydrogens (tertiary/aromatic N) is 1. The van der Waals surface area contributed by atoms with Gasteiger partial charge in [0.2, 0.25) is 0 Å². The highest BCUT2D eigenvalue weighted by Gasteiger charge is 2.32. The second-order valence-electron chi connectivity index (χ2n) is 4.24. The van der Waals surface area contributed by atoms with Crippen molar-refractivity contribution < 1.29 is 26.3 Å². The molecule has 2 aromatic rings. The minimum atomic E-state index is -4.62. The molecule has 8 heteroatoms. The molecule has 21 heavy (non-hydrogen) atoms. The molecule has 0 saturated heterocycles. The maximum absolute atomic E-state index is 12.6. The van der Waals surface area contributed by atoms with E-state index in [2.05, 4.69) is 4.98 Å². The van der Waals surface area contributed by atoms with E-state index in [9.17, 15) is 26.3 Å². The maximum Gasteiger partial charge on any atom is 0.417 e. The highest BCUT2D eigenvalue weighted by Crippen LogP contribution is 2.35. The van der Waals surface area contributed by atoms with E-state index in [-0.39, 0.29) is 16.9 Å². The second kappa shape index (κ2) is 4.94. The molecule has 2 nitrogen and oxygen atoms in total. The van der Waals surface area contributed by atoms with Gasteiger partial charge in [-0.1, -0.05) is 12.1 Å². The predicted molar refractivity (Wildman–Crippen MR) is 64.1 cm³/mol. The van der Waals surface area contributed by atoms with Crippen molar-refractivity contribution in [3.63, 3.8) is 0 Å². The molecule has 1 heterocycles. The first-order valence-corrected chi connectivity index (χ1v) is 5.59. The van der Waals surface area contributed by atoms with Crippen molar-refractivity contribution in [2.45, 2.75) is 12.4 Å². The minimum absolute atomic E-state index is 0.00366. The first-order chi connectivity index (χ1) is 9.59. The van der Waals surface area contributed by atoms with Crippen LogP contribution in [0.3, 0.4) is 0 Å². The van der Waals surface area contributed by atoms with Gasteiger partial charge in [-0.15, -0.1) is 0 Å². The molecule has 0 spiro atoms. The lowest BCUT2D eigenvalue weighted by Gasteiger charge is -2.12. The van der Waals surface area contributed by atoms with Gasteiger partial charge in [0.15, 0.2) is 0 Å². The molecule has 0 aliphatic heterocycles. The van der Waals surface area contributed by atoms with Gasteiger partial charge in [0.25, 0.3) is 0 Å². The Labute approximate surface area is 115 Å². The highest BCUT2D eigenvalue weighted by atomic mass is 19.4. The van der Waals surface area contributed by atoms with Crippen LogP contribution in [-0.2, 0) is 12.4 Å². The Hall–Kier alpha value is -2.25. The van der Waals surface area contributed by atoms with Gasteiger partial charge in [-0.3, -0.25) is 4.98 Å². The summed E-state index contributed by atoms with van der Waals surface area (Å²) in [6.07, 6.45) is -8.64. The molecule has 112 valence electrons. The molecule has 1 aromatic heterocycles. The van der Waals surface area contributed by atoms with E-state index in [4.69, 9.17) is 5.73 Å². The number of alkyl halides is 6. The number of aromatic nitrogens is 1. The zero-order valence-electron chi connectivity index (χ0n) is 10.3. The number of halogens is 6. The second-order valence-corrected chi connectivity index (χ2v) is 4.24. The third-order valence-electron chi connectivity index (χ3n) is 2.71. The summed E-state index contributed by atoms with van der Waals surface area (Å²) >= 11 is 0. The van der Waals surface area contributed by atoms with E-state index >= 15 is 0 Å². The van der Waals surface area contributed by atoms with Gasteiger partial charge in [-0.05, 0) is 18.2 Å². The smallest absolute Gasteiger partial charge is 0.397 e. The third kappa shape index (κ3) is 3.26. The summed E-state index contributed by atoms with van der Waals surface area (Å²) in [5, 5.41) is 0. The van der Waals surface area contributed by atoms with Gasteiger partial charge < -0.3 is 5.73 Å². The van der Waals surface area contributed by atoms with Crippen molar-refractivity contribution in [3.8, 4) is 11.3 Å². The summed E-state index contributed by atoms with van der Waals surface area (Å²) in [5.74, 6) is 0. The minimum Gasteiger partial charge on any atom is -0.397 e. The van der Waals surface area contributed by atoms with Crippen LogP contribution in [-0.4, -0.2) is 4.98 Å². The zero-order valence-corrected chi connectivity index (χ0v) is 10.3. The van der Waals surface area contributed by atoms with Crippen molar-refractivity contribution >= 4 is 5.69 Å². The lowest BCUT2D eigenvalue weighted by Crippen LogP contribution is -2.08. The number of nitrogen functional groups attached to an aromatic ring is 1. The highest BCUT2D eigenvalue weighted by molar-refractivity contribution is 5.73. The molecule has 0 fully saturated rings. The first-order valence-electron chi connectivity index (χ1n) is 5.59. The Kier molecular flexibility index (Phi) is 3.56. The van der Waals surface area contributed by atoms with Crippen molar-refractivity contribution in [3.05, 3.63) is 47.7 Å². The maximum atomic E-state index is 12.6. The van der Waals surface area contributed by atoms with Crippen LogP contribution in [0.4, 0.5) is 32.0 Å². The Morgan fingerprint density at radius 3 is 2.00 bits per heavy atom. The molecule has 2 rings (SSSR count). The Morgan fingerprint density at radius 2 is 1.48 bits per heavy atom. The Morgan fingerprint density at radius 1 is 0.857 bits per heavy atom. The first kappa shape index (κ1) is 15.1. The zero-order chi connectivity index (χ0) is 15.8. The van der Waals surface area contributed by atoms with Gasteiger partial charge >= 0.3 is 12.4 Å². The van der Waals surface area contributed by atoms with Crippen LogP contribution < -0.4 is 5.73 Å². The van der Waals surface area contributed by atoms with E-state index in [1.165, 1.54) is 6.07 Å². The standard InChI is InChI=1S/C13H8F6N2/c14-12(15,16)8-3-1-2-7(4-8)11-10(20)5-9(6-21-11)13(17,18)19/h1-6H,20H2. The van der Waals surface area contributed by atoms with E-state index in [1.807, 2.05) is 0 Å². The summed E-state index contributed by atoms with van der Waals surface area (Å²) in [4.78, 5) is 3.53. The molecule has 0 atom stereocenters. The van der Waals surface area contributed by atoms with Crippen LogP contribution in [0.2, 0.25) is 0 Å². The molecular weight excluding hydrogens is 298 g/mol. The third-order valence-corrected chi connectivity index (χ3v) is 2.71. The lowest BCUT2D eigenvalue weighted by molar-refractivity contribution is -0.138. The summed E-state index contributed by atoms with van der Waals surface area (Å²) in [5.41, 5.74) is 3.00. The number of pyridine rings is 1. The lowest BCUT2D eigenvalue weighted by atomic mass is 10.1. The fraction of sp³-hybridized carbons (Fsp3) is 0.154. The molecule has 0 saturated carbocycles. The number of nitrogens with two attached hydrogens (primary N) is 1. The van der Waals surface area contributed by atoms with Crippen LogP contribution in [0.25, 0.3) is 11.3 Å². The van der Waals surface area contributed by atoms with Gasteiger partial charge in [-0.25, -0.2) is 0 Å². The van der Waals surface area contributed by atoms with Crippen molar-refractivity contribution in [2.24, 2.45) is 0 Å². The average molecular weight is 306 g/mol. The molecule has 2 N–H and O–H groups in total. The van der Waals surface area contributed by atoms with Crippen LogP contribution in [0.5, 0.6) is 0 Å². The van der Waals surface area contributed by atoms with E-state index in [0.717, 1.165) is 18.2 Å². The van der Waals surface area contributed by atoms with Crippen molar-refractivity contribution in [1.82, 2.24) is 4.98 Å². The molecule has 1 aromatic carbocycles. The topological polar surface area (TPSA) is 38.9 Å². The van der Waals surface area contributed by atoms with Gasteiger partial charge in [0.1, 0.15) is 0 Å². The summed E-state index contributed by atoms with van der Waals surface area (Å²) in [6.45, 7) is 0. The molecule has 0 aliphatic carbocycles. The van der Waals surface area contributed by atoms with Crippen LogP contribution in [0.1, 0.15) is 11.1 Å². The quantitative estimate of drug-likeness (QED) is 0.795. The van der Waals surface area contributed by atoms with Crippen molar-refractivity contribution in [2.75, 3.05) is 5.73 Å². The van der Waals surface area contributed by atoms with Crippen LogP contribution >= 0.6 is 0 Å². The van der Waals surface area contributed by atoms with Crippen LogP contribution in [0, 0.1) is 0 Å². The number of rotatable bonds is 1. The molecule has 0 amide bonds. The summed E-state index contributed by atoms with van der Waals surface area (Å²) in [6, 6.07) is 4.70. The SMILES string of the molecule is Nc1cc(C(F)(F)F)cnc1-c1cccc(C(F)(F)F)c1. The normalized spacial score (nSPS) is 12.5. The number of benzene rings is 1. The van der Waals surface area contributed by atoms with Gasteiger partial charge in [0.05, 0.1) is 22.5 Å². The molecule has 0 aliphatic rings. The van der Waals surface area contributed by atoms with Gasteiger partial charge in [-0.2, -0.15) is 26.3 Å². The van der Waals surface area contributed by atoms with Gasteiger partial charge in [0, 0.05) is 11.8 Å². The Balaban J connectivity index is 2.48.